The maximum Gasteiger partial charge on any atom is 0.323 e. The summed E-state index contributed by atoms with van der Waals surface area (Å²) in [6.07, 6.45) is 2.68. The molecule has 0 spiro atoms. The maximum absolute atomic E-state index is 11.1. The van der Waals surface area contributed by atoms with Gasteiger partial charge in [-0.2, -0.15) is 0 Å². The quantitative estimate of drug-likeness (QED) is 0.629. The van der Waals surface area contributed by atoms with Crippen LogP contribution in [0.15, 0.2) is 11.0 Å². The number of H-pyrrole nitrogens is 2. The van der Waals surface area contributed by atoms with Gasteiger partial charge in [-0.25, -0.2) is 4.79 Å². The Morgan fingerprint density at radius 2 is 2.36 bits per heavy atom. The lowest BCUT2D eigenvalue weighted by atomic mass is 10.2. The van der Waals surface area contributed by atoms with E-state index in [-0.39, 0.29) is 11.5 Å². The number of carbonyl (C=O) groups is 1. The summed E-state index contributed by atoms with van der Waals surface area (Å²) < 4.78 is 0. The van der Waals surface area contributed by atoms with E-state index >= 15 is 0 Å². The van der Waals surface area contributed by atoms with E-state index in [2.05, 4.69) is 9.97 Å². The molecule has 11 heavy (non-hydrogen) atoms. The van der Waals surface area contributed by atoms with Gasteiger partial charge in [-0.15, -0.1) is 0 Å². The average molecular weight is 154 g/mol. The number of imidazole rings is 1. The standard InChI is InChI=1S/C7H10N2O2/c1-2-3-6(10)5-4-8-7(11)9-5/h4H,2-3H2,1H3,(H2,8,9,11). The van der Waals surface area contributed by atoms with Crippen LogP contribution in [-0.4, -0.2) is 15.8 Å². The van der Waals surface area contributed by atoms with Gasteiger partial charge in [0.15, 0.2) is 5.78 Å². The van der Waals surface area contributed by atoms with E-state index < -0.39 is 0 Å². The van der Waals surface area contributed by atoms with Crippen molar-refractivity contribution >= 4 is 5.78 Å². The van der Waals surface area contributed by atoms with Gasteiger partial charge in [0.05, 0.1) is 0 Å². The normalized spacial score (nSPS) is 9.91. The van der Waals surface area contributed by atoms with Crippen LogP contribution in [-0.2, 0) is 0 Å². The summed E-state index contributed by atoms with van der Waals surface area (Å²) in [7, 11) is 0. The minimum Gasteiger partial charge on any atom is -0.312 e. The molecule has 0 unspecified atom stereocenters. The molecule has 0 bridgehead atoms. The van der Waals surface area contributed by atoms with Crippen LogP contribution in [0.25, 0.3) is 0 Å². The average Bonchev–Trinajstić information content (AvgIpc) is 2.36. The Morgan fingerprint density at radius 3 is 2.82 bits per heavy atom. The van der Waals surface area contributed by atoms with Gasteiger partial charge >= 0.3 is 5.69 Å². The molecule has 60 valence electrons. The molecule has 1 rings (SSSR count). The van der Waals surface area contributed by atoms with E-state index in [0.29, 0.717) is 12.1 Å². The molecule has 0 saturated heterocycles. The van der Waals surface area contributed by atoms with Crippen LogP contribution in [0.1, 0.15) is 30.3 Å². The largest absolute Gasteiger partial charge is 0.323 e. The van der Waals surface area contributed by atoms with Crippen LogP contribution in [0, 0.1) is 0 Å². The third kappa shape index (κ3) is 1.80. The maximum atomic E-state index is 11.1. The number of hydrogen-bond donors (Lipinski definition) is 2. The molecule has 2 N–H and O–H groups in total. The molecule has 0 aliphatic carbocycles. The summed E-state index contributed by atoms with van der Waals surface area (Å²) in [5.74, 6) is -0.0224. The van der Waals surface area contributed by atoms with Crippen LogP contribution in [0.5, 0.6) is 0 Å². The first-order valence-electron chi connectivity index (χ1n) is 3.55. The molecule has 0 fully saturated rings. The van der Waals surface area contributed by atoms with E-state index in [4.69, 9.17) is 0 Å². The van der Waals surface area contributed by atoms with Gasteiger partial charge in [0.25, 0.3) is 0 Å². The van der Waals surface area contributed by atoms with Gasteiger partial charge in [0.1, 0.15) is 5.69 Å². The van der Waals surface area contributed by atoms with Crippen LogP contribution >= 0.6 is 0 Å². The predicted molar refractivity (Wildman–Crippen MR) is 40.7 cm³/mol. The first-order chi connectivity index (χ1) is 5.24. The lowest BCUT2D eigenvalue weighted by molar-refractivity contribution is 0.0977. The van der Waals surface area contributed by atoms with Crippen molar-refractivity contribution in [1.82, 2.24) is 9.97 Å². The molecule has 0 aliphatic rings. The van der Waals surface area contributed by atoms with Crippen LogP contribution in [0.2, 0.25) is 0 Å². The molecule has 0 amide bonds. The molecular formula is C7H10N2O2. The van der Waals surface area contributed by atoms with Crippen molar-refractivity contribution in [2.45, 2.75) is 19.8 Å². The Labute approximate surface area is 63.6 Å². The zero-order chi connectivity index (χ0) is 8.27. The first-order valence-corrected chi connectivity index (χ1v) is 3.55. The number of nitrogens with one attached hydrogen (secondary N) is 2. The summed E-state index contributed by atoms with van der Waals surface area (Å²) in [4.78, 5) is 26.4. The summed E-state index contributed by atoms with van der Waals surface area (Å²) in [5, 5.41) is 0. The molecular weight excluding hydrogens is 144 g/mol. The third-order valence-electron chi connectivity index (χ3n) is 1.37. The number of carbonyl (C=O) groups excluding carboxylic acids is 1. The fourth-order valence-corrected chi connectivity index (χ4v) is 0.844. The van der Waals surface area contributed by atoms with Crippen molar-refractivity contribution in [1.29, 1.82) is 0 Å². The molecule has 4 heteroatoms. The second-order valence-electron chi connectivity index (χ2n) is 2.33. The second kappa shape index (κ2) is 3.18. The minimum absolute atomic E-state index is 0.0224. The van der Waals surface area contributed by atoms with Crippen molar-refractivity contribution in [3.63, 3.8) is 0 Å². The van der Waals surface area contributed by atoms with Gasteiger partial charge in [0, 0.05) is 12.6 Å². The van der Waals surface area contributed by atoms with Gasteiger partial charge in [-0.05, 0) is 6.42 Å². The minimum atomic E-state index is -0.329. The Morgan fingerprint density at radius 1 is 1.64 bits per heavy atom. The molecule has 0 atom stereocenters. The number of rotatable bonds is 3. The van der Waals surface area contributed by atoms with Gasteiger partial charge in [-0.1, -0.05) is 6.92 Å². The summed E-state index contributed by atoms with van der Waals surface area (Å²) in [5.41, 5.74) is 0.0429. The van der Waals surface area contributed by atoms with Crippen LogP contribution < -0.4 is 5.69 Å². The van der Waals surface area contributed by atoms with E-state index in [0.717, 1.165) is 6.42 Å². The number of aromatic nitrogens is 2. The topological polar surface area (TPSA) is 65.7 Å². The smallest absolute Gasteiger partial charge is 0.312 e. The van der Waals surface area contributed by atoms with Crippen molar-refractivity contribution in [2.75, 3.05) is 0 Å². The molecule has 0 saturated carbocycles. The third-order valence-corrected chi connectivity index (χ3v) is 1.37. The Hall–Kier alpha value is -1.32. The fraction of sp³-hybridized carbons (Fsp3) is 0.429. The zero-order valence-corrected chi connectivity index (χ0v) is 6.31. The van der Waals surface area contributed by atoms with Crippen LogP contribution in [0.3, 0.4) is 0 Å². The SMILES string of the molecule is CCCC(=O)c1c[nH]c(=O)[nH]1. The summed E-state index contributed by atoms with van der Waals surface area (Å²) in [6.45, 7) is 1.92. The van der Waals surface area contributed by atoms with Crippen molar-refractivity contribution in [3.8, 4) is 0 Å². The Balaban J connectivity index is 2.76. The number of Topliss-reactive ketones (excluding diaryl/α,β-unsaturated/α-hetero) is 1. The summed E-state index contributed by atoms with van der Waals surface area (Å²) in [6, 6.07) is 0. The molecule has 1 heterocycles. The van der Waals surface area contributed by atoms with Gasteiger partial charge in [0.2, 0.25) is 0 Å². The Kier molecular flexibility index (Phi) is 2.25. The number of ketones is 1. The monoisotopic (exact) mass is 154 g/mol. The highest BCUT2D eigenvalue weighted by molar-refractivity contribution is 5.93. The molecule has 1 aromatic rings. The molecule has 0 aromatic carbocycles. The van der Waals surface area contributed by atoms with E-state index in [1.807, 2.05) is 6.92 Å². The Bertz CT molecular complexity index is 297. The number of hydrogen-bond acceptors (Lipinski definition) is 2. The van der Waals surface area contributed by atoms with Crippen molar-refractivity contribution in [2.24, 2.45) is 0 Å². The predicted octanol–water partition coefficient (Wildman–Crippen LogP) is 0.686. The highest BCUT2D eigenvalue weighted by Crippen LogP contribution is 1.97. The zero-order valence-electron chi connectivity index (χ0n) is 6.31. The fourth-order valence-electron chi connectivity index (χ4n) is 0.844. The second-order valence-corrected chi connectivity index (χ2v) is 2.33. The van der Waals surface area contributed by atoms with E-state index in [1.54, 1.807) is 0 Å². The molecule has 0 aliphatic heterocycles. The van der Waals surface area contributed by atoms with Crippen LogP contribution in [0.4, 0.5) is 0 Å². The van der Waals surface area contributed by atoms with Gasteiger partial charge < -0.3 is 9.97 Å². The summed E-state index contributed by atoms with van der Waals surface area (Å²) >= 11 is 0. The van der Waals surface area contributed by atoms with E-state index in [1.165, 1.54) is 6.20 Å². The lowest BCUT2D eigenvalue weighted by Gasteiger charge is -1.90. The van der Waals surface area contributed by atoms with E-state index in [9.17, 15) is 9.59 Å². The lowest BCUT2D eigenvalue weighted by Crippen LogP contribution is -2.04. The first kappa shape index (κ1) is 7.78. The van der Waals surface area contributed by atoms with Gasteiger partial charge in [-0.3, -0.25) is 4.79 Å². The molecule has 0 radical (unpaired) electrons. The molecule has 4 nitrogen and oxygen atoms in total. The number of aromatic amines is 2. The highest BCUT2D eigenvalue weighted by atomic mass is 16.1. The molecule has 1 aromatic heterocycles. The van der Waals surface area contributed by atoms with Crippen molar-refractivity contribution < 1.29 is 4.79 Å². The van der Waals surface area contributed by atoms with Crippen molar-refractivity contribution in [3.05, 3.63) is 22.4 Å². The highest BCUT2D eigenvalue weighted by Gasteiger charge is 2.05.